The summed E-state index contributed by atoms with van der Waals surface area (Å²) < 4.78 is 40.9. The van der Waals surface area contributed by atoms with Crippen molar-refractivity contribution in [3.8, 4) is 11.8 Å². The quantitative estimate of drug-likeness (QED) is 0.119. The molecule has 0 fully saturated rings. The van der Waals surface area contributed by atoms with Gasteiger partial charge < -0.3 is 9.15 Å². The Morgan fingerprint density at radius 1 is 0.878 bits per heavy atom. The molecule has 0 aliphatic rings. The Bertz CT molecular complexity index is 1560. The van der Waals surface area contributed by atoms with Crippen LogP contribution in [0, 0.1) is 11.3 Å². The zero-order valence-corrected chi connectivity index (χ0v) is 24.8. The summed E-state index contributed by atoms with van der Waals surface area (Å²) in [4.78, 5) is 4.55. The van der Waals surface area contributed by atoms with Gasteiger partial charge in [-0.2, -0.15) is 5.26 Å². The highest BCUT2D eigenvalue weighted by Gasteiger charge is 2.18. The lowest BCUT2D eigenvalue weighted by molar-refractivity contribution is 0.306. The van der Waals surface area contributed by atoms with Crippen LogP contribution in [0.4, 0.5) is 5.69 Å². The highest BCUT2D eigenvalue weighted by molar-refractivity contribution is 7.92. The molecule has 0 atom stereocenters. The van der Waals surface area contributed by atoms with Crippen LogP contribution in [0.15, 0.2) is 63.9 Å². The molecule has 7 nitrogen and oxygen atoms in total. The molecule has 0 aliphatic heterocycles. The molecule has 1 N–H and O–H groups in total. The second-order valence-electron chi connectivity index (χ2n) is 10.6. The van der Waals surface area contributed by atoms with Crippen LogP contribution in [0.1, 0.15) is 89.9 Å². The van der Waals surface area contributed by atoms with Gasteiger partial charge in [-0.15, -0.1) is 0 Å². The van der Waals surface area contributed by atoms with E-state index < -0.39 is 10.0 Å². The van der Waals surface area contributed by atoms with E-state index in [4.69, 9.17) is 14.4 Å². The first kappa shape index (κ1) is 30.4. The summed E-state index contributed by atoms with van der Waals surface area (Å²) in [5.41, 5.74) is 1.59. The number of oxazole rings is 1. The maximum Gasteiger partial charge on any atom is 0.262 e. The molecule has 0 aliphatic carbocycles. The smallest absolute Gasteiger partial charge is 0.262 e. The Kier molecular flexibility index (Phi) is 11.4. The van der Waals surface area contributed by atoms with Crippen LogP contribution < -0.4 is 9.46 Å². The number of sulfonamides is 1. The van der Waals surface area contributed by atoms with E-state index in [1.165, 1.54) is 64.2 Å². The third-order valence-electron chi connectivity index (χ3n) is 7.32. The van der Waals surface area contributed by atoms with Gasteiger partial charge in [0.1, 0.15) is 17.7 Å². The minimum Gasteiger partial charge on any atom is -0.491 e. The SMILES string of the molecule is CCCCCCCCCCCCCCOc1ccccc1NS(=O)(=O)c1ccc2c(ccc3oc(CC#N)nc32)c1. The Morgan fingerprint density at radius 3 is 2.27 bits per heavy atom. The first-order valence-electron chi connectivity index (χ1n) is 15.0. The lowest BCUT2D eigenvalue weighted by Gasteiger charge is -2.14. The number of nitriles is 1. The summed E-state index contributed by atoms with van der Waals surface area (Å²) >= 11 is 0. The fourth-order valence-corrected chi connectivity index (χ4v) is 6.17. The molecular weight excluding hydrogens is 534 g/mol. The topological polar surface area (TPSA) is 105 Å². The molecule has 0 unspecified atom stereocenters. The number of ether oxygens (including phenoxy) is 1. The highest BCUT2D eigenvalue weighted by Crippen LogP contribution is 2.30. The standard InChI is InChI=1S/C33H41N3O4S/c1-2-3-4-5-6-7-8-9-10-11-12-15-24-39-30-17-14-13-16-29(30)36-41(37,38)27-19-20-28-26(25-27)18-21-31-33(28)35-32(40-31)22-23-34/h13-14,16-21,25,36H,2-12,15,22,24H2,1H3. The second kappa shape index (κ2) is 15.4. The van der Waals surface area contributed by atoms with Crippen LogP contribution in [0.5, 0.6) is 5.75 Å². The van der Waals surface area contributed by atoms with E-state index in [1.807, 2.05) is 12.1 Å². The van der Waals surface area contributed by atoms with Gasteiger partial charge in [-0.25, -0.2) is 13.4 Å². The largest absolute Gasteiger partial charge is 0.491 e. The van der Waals surface area contributed by atoms with E-state index in [1.54, 1.807) is 48.5 Å². The summed E-state index contributed by atoms with van der Waals surface area (Å²) in [6.07, 6.45) is 15.4. The molecule has 0 spiro atoms. The lowest BCUT2D eigenvalue weighted by atomic mass is 10.1. The van der Waals surface area contributed by atoms with E-state index in [0.29, 0.717) is 40.4 Å². The van der Waals surface area contributed by atoms with Gasteiger partial charge in [0, 0.05) is 5.39 Å². The fourth-order valence-electron chi connectivity index (χ4n) is 5.06. The van der Waals surface area contributed by atoms with E-state index >= 15 is 0 Å². The first-order valence-corrected chi connectivity index (χ1v) is 16.4. The molecule has 1 aromatic heterocycles. The van der Waals surface area contributed by atoms with Crippen molar-refractivity contribution in [1.82, 2.24) is 4.98 Å². The molecule has 0 bridgehead atoms. The Morgan fingerprint density at radius 2 is 1.56 bits per heavy atom. The summed E-state index contributed by atoms with van der Waals surface area (Å²) in [6.45, 7) is 2.80. The van der Waals surface area contributed by atoms with E-state index in [0.717, 1.165) is 18.2 Å². The second-order valence-corrected chi connectivity index (χ2v) is 12.3. The van der Waals surface area contributed by atoms with Crippen LogP contribution >= 0.6 is 0 Å². The first-order chi connectivity index (χ1) is 20.0. The van der Waals surface area contributed by atoms with Crippen molar-refractivity contribution in [1.29, 1.82) is 5.26 Å². The van der Waals surface area contributed by atoms with Gasteiger partial charge in [0.2, 0.25) is 5.89 Å². The zero-order chi connectivity index (χ0) is 28.9. The number of rotatable bonds is 18. The van der Waals surface area contributed by atoms with Gasteiger partial charge >= 0.3 is 0 Å². The van der Waals surface area contributed by atoms with Gasteiger partial charge in [0.05, 0.1) is 23.3 Å². The molecule has 4 aromatic rings. The van der Waals surface area contributed by atoms with Crippen LogP contribution in [0.2, 0.25) is 0 Å². The van der Waals surface area contributed by atoms with Crippen LogP contribution in [0.3, 0.4) is 0 Å². The number of aromatic nitrogens is 1. The average molecular weight is 576 g/mol. The molecule has 0 amide bonds. The van der Waals surface area contributed by atoms with Crippen molar-refractivity contribution in [3.05, 3.63) is 60.5 Å². The van der Waals surface area contributed by atoms with Crippen molar-refractivity contribution in [3.63, 3.8) is 0 Å². The van der Waals surface area contributed by atoms with Crippen molar-refractivity contribution in [2.24, 2.45) is 0 Å². The fraction of sp³-hybridized carbons (Fsp3) is 0.455. The molecule has 41 heavy (non-hydrogen) atoms. The van der Waals surface area contributed by atoms with Gasteiger partial charge in [-0.05, 0) is 42.1 Å². The number of unbranched alkanes of at least 4 members (excludes halogenated alkanes) is 11. The molecule has 8 heteroatoms. The molecule has 1 heterocycles. The van der Waals surface area contributed by atoms with Gasteiger partial charge in [0.25, 0.3) is 10.0 Å². The van der Waals surface area contributed by atoms with Crippen molar-refractivity contribution < 1.29 is 17.6 Å². The molecule has 3 aromatic carbocycles. The molecule has 0 saturated carbocycles. The van der Waals surface area contributed by atoms with Gasteiger partial charge in [-0.1, -0.05) is 102 Å². The zero-order valence-electron chi connectivity index (χ0n) is 24.0. The Hall–Kier alpha value is -3.57. The maximum atomic E-state index is 13.3. The third-order valence-corrected chi connectivity index (χ3v) is 8.68. The summed E-state index contributed by atoms with van der Waals surface area (Å²) in [7, 11) is -3.86. The molecule has 4 rings (SSSR count). The minimum absolute atomic E-state index is 0.0767. The summed E-state index contributed by atoms with van der Waals surface area (Å²) in [5, 5.41) is 10.4. The summed E-state index contributed by atoms with van der Waals surface area (Å²) in [5.74, 6) is 0.864. The summed E-state index contributed by atoms with van der Waals surface area (Å²) in [6, 6.07) is 17.6. The average Bonchev–Trinajstić information content (AvgIpc) is 3.39. The van der Waals surface area contributed by atoms with Crippen molar-refractivity contribution in [2.45, 2.75) is 95.3 Å². The highest BCUT2D eigenvalue weighted by atomic mass is 32.2. The van der Waals surface area contributed by atoms with Crippen LogP contribution in [0.25, 0.3) is 21.9 Å². The molecule has 0 saturated heterocycles. The molecule has 218 valence electrons. The minimum atomic E-state index is -3.86. The molecular formula is C33H41N3O4S. The number of fused-ring (bicyclic) bond motifs is 3. The van der Waals surface area contributed by atoms with E-state index in [2.05, 4.69) is 16.6 Å². The third kappa shape index (κ3) is 8.71. The number of anilines is 1. The predicted octanol–water partition coefficient (Wildman–Crippen LogP) is 8.93. The number of nitrogens with zero attached hydrogens (tertiary/aromatic N) is 2. The predicted molar refractivity (Wildman–Crippen MR) is 165 cm³/mol. The van der Waals surface area contributed by atoms with Crippen molar-refractivity contribution in [2.75, 3.05) is 11.3 Å². The number of nitrogens with one attached hydrogen (secondary N) is 1. The lowest BCUT2D eigenvalue weighted by Crippen LogP contribution is -2.14. The number of benzene rings is 3. The van der Waals surface area contributed by atoms with Gasteiger partial charge in [-0.3, -0.25) is 4.72 Å². The normalized spacial score (nSPS) is 11.6. The number of hydrogen-bond donors (Lipinski definition) is 1. The monoisotopic (exact) mass is 575 g/mol. The Labute approximate surface area is 244 Å². The van der Waals surface area contributed by atoms with E-state index in [-0.39, 0.29) is 11.3 Å². The van der Waals surface area contributed by atoms with Gasteiger partial charge in [0.15, 0.2) is 5.58 Å². The number of hydrogen-bond acceptors (Lipinski definition) is 6. The van der Waals surface area contributed by atoms with Crippen LogP contribution in [-0.4, -0.2) is 20.0 Å². The maximum absolute atomic E-state index is 13.3. The number of para-hydroxylation sites is 2. The van der Waals surface area contributed by atoms with Crippen LogP contribution in [-0.2, 0) is 16.4 Å². The Balaban J connectivity index is 1.27. The van der Waals surface area contributed by atoms with Crippen molar-refractivity contribution >= 4 is 37.6 Å². The van der Waals surface area contributed by atoms with E-state index in [9.17, 15) is 8.42 Å². The molecule has 0 radical (unpaired) electrons.